The van der Waals surface area contributed by atoms with Crippen molar-refractivity contribution in [3.05, 3.63) is 36.7 Å². The number of carbonyl (C=O) groups is 1. The van der Waals surface area contributed by atoms with E-state index in [9.17, 15) is 4.79 Å². The number of hydrogen-bond donors (Lipinski definition) is 2. The molecule has 1 amide bonds. The van der Waals surface area contributed by atoms with Gasteiger partial charge in [-0.15, -0.1) is 0 Å². The van der Waals surface area contributed by atoms with E-state index in [-0.39, 0.29) is 37.7 Å². The number of hydrogen-bond acceptors (Lipinski definition) is 6. The third-order valence-corrected chi connectivity index (χ3v) is 9.31. The highest BCUT2D eigenvalue weighted by atomic mass is 32.2. The molecule has 4 aliphatic carbocycles. The van der Waals surface area contributed by atoms with Crippen LogP contribution in [0.1, 0.15) is 46.0 Å². The Morgan fingerprint density at radius 3 is 2.97 bits per heavy atom. The average molecular weight is 465 g/mol. The smallest absolute Gasteiger partial charge is 0.404 e. The van der Waals surface area contributed by atoms with Gasteiger partial charge in [0, 0.05) is 22.7 Å². The molecule has 7 rings (SSSR count). The van der Waals surface area contributed by atoms with E-state index < -0.39 is 0 Å². The van der Waals surface area contributed by atoms with E-state index in [0.29, 0.717) is 17.3 Å². The van der Waals surface area contributed by atoms with Crippen LogP contribution in [0.25, 0.3) is 10.8 Å². The molecule has 2 heterocycles. The summed E-state index contributed by atoms with van der Waals surface area (Å²) in [5.74, 6) is 1.92. The number of benzene rings is 1. The van der Waals surface area contributed by atoms with Gasteiger partial charge in [0.05, 0.1) is 24.7 Å². The van der Waals surface area contributed by atoms with Crippen LogP contribution in [0.4, 0.5) is 0 Å². The van der Waals surface area contributed by atoms with Crippen LogP contribution >= 0.6 is 11.9 Å². The van der Waals surface area contributed by atoms with Crippen molar-refractivity contribution in [2.24, 2.45) is 23.2 Å². The number of nitrogens with zero attached hydrogens (tertiary/aromatic N) is 1. The monoisotopic (exact) mass is 465 g/mol. The molecule has 5 aliphatic rings. The molecule has 5 fully saturated rings. The van der Waals surface area contributed by atoms with E-state index in [1.165, 1.54) is 31.2 Å². The third kappa shape index (κ3) is 4.20. The Bertz CT molecular complexity index is 1040. The first-order valence-electron chi connectivity index (χ1n) is 12.3. The van der Waals surface area contributed by atoms with Gasteiger partial charge >= 0.3 is 7.12 Å². The molecule has 8 heteroatoms. The van der Waals surface area contributed by atoms with Crippen LogP contribution in [0, 0.1) is 23.2 Å². The summed E-state index contributed by atoms with van der Waals surface area (Å²) in [6, 6.07) is 8.12. The van der Waals surface area contributed by atoms with E-state index in [1.54, 1.807) is 6.20 Å². The Kier molecular flexibility index (Phi) is 5.68. The van der Waals surface area contributed by atoms with Crippen LogP contribution in [-0.2, 0) is 14.1 Å². The summed E-state index contributed by atoms with van der Waals surface area (Å²) >= 11 is 1.48. The van der Waals surface area contributed by atoms with Crippen LogP contribution in [0.2, 0.25) is 0 Å². The van der Waals surface area contributed by atoms with E-state index in [0.717, 1.165) is 34.4 Å². The van der Waals surface area contributed by atoms with Gasteiger partial charge in [0.1, 0.15) is 0 Å². The van der Waals surface area contributed by atoms with Gasteiger partial charge in [-0.2, -0.15) is 0 Å². The number of fused-ring (bicyclic) bond motifs is 1. The fourth-order valence-electron chi connectivity index (χ4n) is 6.12. The van der Waals surface area contributed by atoms with Gasteiger partial charge in [0.15, 0.2) is 0 Å². The van der Waals surface area contributed by atoms with Crippen LogP contribution in [-0.4, -0.2) is 42.7 Å². The third-order valence-electron chi connectivity index (χ3n) is 8.44. The molecule has 1 aromatic heterocycles. The minimum absolute atomic E-state index is 0.0123. The number of carbonyl (C=O) groups excluding carboxylic acids is 1. The lowest BCUT2D eigenvalue weighted by Crippen LogP contribution is -2.59. The summed E-state index contributed by atoms with van der Waals surface area (Å²) in [4.78, 5) is 18.1. The van der Waals surface area contributed by atoms with E-state index in [2.05, 4.69) is 34.9 Å². The molecule has 2 bridgehead atoms. The van der Waals surface area contributed by atoms with Crippen LogP contribution in [0.15, 0.2) is 41.6 Å². The van der Waals surface area contributed by atoms with Crippen molar-refractivity contribution in [3.63, 3.8) is 0 Å². The highest BCUT2D eigenvalue weighted by Crippen LogP contribution is 2.61. The standard InChI is InChI=1S/C25H32BN3O3S/c1-25(2)17-11-19(25)24-20(12-17)31-26(32-24)22(10-15-6-7-15)29-23(30)14-28-33-21-5-3-4-16-13-27-9-8-18(16)21/h3-5,8-9,13,15,17,19-20,22,24,28H,6-7,10-12,14H2,1-2H3,(H,29,30). The lowest BCUT2D eigenvalue weighted by Gasteiger charge is -2.60. The molecule has 0 radical (unpaired) electrons. The number of pyridine rings is 1. The van der Waals surface area contributed by atoms with Gasteiger partial charge in [-0.1, -0.05) is 38.8 Å². The minimum atomic E-state index is -0.321. The summed E-state index contributed by atoms with van der Waals surface area (Å²) < 4.78 is 16.1. The predicted molar refractivity (Wildman–Crippen MR) is 130 cm³/mol. The molecule has 33 heavy (non-hydrogen) atoms. The van der Waals surface area contributed by atoms with Crippen LogP contribution < -0.4 is 10.0 Å². The molecule has 1 saturated heterocycles. The van der Waals surface area contributed by atoms with Gasteiger partial charge in [0.25, 0.3) is 0 Å². The maximum absolute atomic E-state index is 12.8. The largest absolute Gasteiger partial charge is 0.481 e. The zero-order valence-electron chi connectivity index (χ0n) is 19.3. The van der Waals surface area contributed by atoms with Crippen LogP contribution in [0.5, 0.6) is 0 Å². The quantitative estimate of drug-likeness (QED) is 0.454. The molecule has 5 unspecified atom stereocenters. The molecule has 5 atom stereocenters. The Labute approximate surface area is 200 Å². The molecule has 1 aliphatic heterocycles. The number of aromatic nitrogens is 1. The van der Waals surface area contributed by atoms with Gasteiger partial charge in [-0.3, -0.25) is 14.5 Å². The highest BCUT2D eigenvalue weighted by molar-refractivity contribution is 7.97. The van der Waals surface area contributed by atoms with Crippen molar-refractivity contribution in [2.45, 2.75) is 69.0 Å². The number of rotatable bonds is 8. The lowest BCUT2D eigenvalue weighted by molar-refractivity contribution is -0.150. The maximum atomic E-state index is 12.8. The highest BCUT2D eigenvalue weighted by Gasteiger charge is 2.62. The minimum Gasteiger partial charge on any atom is -0.404 e. The SMILES string of the molecule is CC1(C)C2CC3OB(C(CC4CC4)NC(=O)CNSc4cccc5cnccc45)OC3C1C2. The van der Waals surface area contributed by atoms with Crippen molar-refractivity contribution in [2.75, 3.05) is 6.54 Å². The van der Waals surface area contributed by atoms with Crippen molar-refractivity contribution < 1.29 is 14.1 Å². The summed E-state index contributed by atoms with van der Waals surface area (Å²) in [5.41, 5.74) is 0.355. The van der Waals surface area contributed by atoms with Gasteiger partial charge in [-0.05, 0) is 71.9 Å². The normalized spacial score (nSPS) is 30.5. The van der Waals surface area contributed by atoms with Gasteiger partial charge in [0.2, 0.25) is 5.91 Å². The molecule has 1 aromatic carbocycles. The second-order valence-electron chi connectivity index (χ2n) is 10.9. The van der Waals surface area contributed by atoms with Gasteiger partial charge < -0.3 is 14.6 Å². The van der Waals surface area contributed by atoms with Gasteiger partial charge in [-0.25, -0.2) is 0 Å². The second-order valence-corrected chi connectivity index (χ2v) is 11.8. The van der Waals surface area contributed by atoms with E-state index >= 15 is 0 Å². The molecular formula is C25H32BN3O3S. The predicted octanol–water partition coefficient (Wildman–Crippen LogP) is 3.99. The first kappa shape index (κ1) is 21.9. The average Bonchev–Trinajstić information content (AvgIpc) is 3.52. The molecule has 6 nitrogen and oxygen atoms in total. The first-order valence-corrected chi connectivity index (χ1v) is 13.1. The molecule has 174 valence electrons. The van der Waals surface area contributed by atoms with Crippen molar-refractivity contribution in [3.8, 4) is 0 Å². The van der Waals surface area contributed by atoms with Crippen LogP contribution in [0.3, 0.4) is 0 Å². The number of amides is 1. The van der Waals surface area contributed by atoms with Crippen molar-refractivity contribution in [1.82, 2.24) is 15.0 Å². The Morgan fingerprint density at radius 2 is 2.15 bits per heavy atom. The van der Waals surface area contributed by atoms with E-state index in [1.807, 2.05) is 24.4 Å². The summed E-state index contributed by atoms with van der Waals surface area (Å²) in [6.07, 6.45) is 9.81. The zero-order chi connectivity index (χ0) is 22.6. The van der Waals surface area contributed by atoms with E-state index in [4.69, 9.17) is 9.31 Å². The number of nitrogens with one attached hydrogen (secondary N) is 2. The zero-order valence-corrected chi connectivity index (χ0v) is 20.1. The lowest BCUT2D eigenvalue weighted by atomic mass is 9.47. The summed E-state index contributed by atoms with van der Waals surface area (Å²) in [7, 11) is -0.321. The van der Waals surface area contributed by atoms with Crippen molar-refractivity contribution >= 4 is 35.7 Å². The summed E-state index contributed by atoms with van der Waals surface area (Å²) in [6.45, 7) is 4.99. The Hall–Kier alpha value is -1.61. The Balaban J connectivity index is 1.06. The first-order chi connectivity index (χ1) is 16.0. The second kappa shape index (κ2) is 8.56. The summed E-state index contributed by atoms with van der Waals surface area (Å²) in [5, 5.41) is 5.46. The molecular weight excluding hydrogens is 433 g/mol. The fourth-order valence-corrected chi connectivity index (χ4v) is 6.92. The maximum Gasteiger partial charge on any atom is 0.481 e. The molecule has 4 saturated carbocycles. The topological polar surface area (TPSA) is 72.5 Å². The van der Waals surface area contributed by atoms with Crippen molar-refractivity contribution in [1.29, 1.82) is 0 Å². The molecule has 2 aromatic rings. The fraction of sp³-hybridized carbons (Fsp3) is 0.600. The Morgan fingerprint density at radius 1 is 1.27 bits per heavy atom. The molecule has 2 N–H and O–H groups in total. The molecule has 0 spiro atoms.